The van der Waals surface area contributed by atoms with Gasteiger partial charge in [-0.05, 0) is 38.7 Å². The summed E-state index contributed by atoms with van der Waals surface area (Å²) < 4.78 is 7.34. The van der Waals surface area contributed by atoms with Crippen molar-refractivity contribution in [2.45, 2.75) is 19.4 Å². The van der Waals surface area contributed by atoms with Crippen molar-refractivity contribution in [2.24, 2.45) is 5.73 Å². The fraction of sp³-hybridized carbons (Fsp3) is 0.300. The van der Waals surface area contributed by atoms with Crippen molar-refractivity contribution in [3.05, 3.63) is 74.0 Å². The zero-order valence-corrected chi connectivity index (χ0v) is 16.2. The molecule has 0 amide bonds. The standard InChI is InChI=1S/C20H21ClN4O2/c1-12-9-16-18(20(26)25(12)8-7-24(2)3)17(15(11-22)19(23)27-16)13-5-4-6-14(21)10-13/h4-6,9-10,17H,7-8,23H2,1-3H3/t17-/m0/s1. The van der Waals surface area contributed by atoms with E-state index in [1.165, 1.54) is 0 Å². The number of rotatable bonds is 4. The van der Waals surface area contributed by atoms with Crippen molar-refractivity contribution in [2.75, 3.05) is 20.6 Å². The number of nitrogens with two attached hydrogens (primary N) is 1. The number of hydrogen-bond acceptors (Lipinski definition) is 5. The van der Waals surface area contributed by atoms with Gasteiger partial charge in [-0.25, -0.2) is 0 Å². The highest BCUT2D eigenvalue weighted by molar-refractivity contribution is 6.30. The Morgan fingerprint density at radius 1 is 1.37 bits per heavy atom. The number of allylic oxidation sites excluding steroid dienone is 1. The molecule has 0 saturated carbocycles. The second-order valence-corrected chi connectivity index (χ2v) is 7.24. The van der Waals surface area contributed by atoms with Gasteiger partial charge in [0.05, 0.1) is 11.5 Å². The first-order valence-electron chi connectivity index (χ1n) is 8.55. The number of halogens is 1. The van der Waals surface area contributed by atoms with Gasteiger partial charge in [-0.3, -0.25) is 4.79 Å². The minimum absolute atomic E-state index is 0.0137. The lowest BCUT2D eigenvalue weighted by Crippen LogP contribution is -2.34. The Hall–Kier alpha value is -2.75. The number of aromatic nitrogens is 1. The van der Waals surface area contributed by atoms with Gasteiger partial charge >= 0.3 is 0 Å². The lowest BCUT2D eigenvalue weighted by molar-refractivity contribution is 0.369. The second kappa shape index (κ2) is 7.47. The summed E-state index contributed by atoms with van der Waals surface area (Å²) in [6.45, 7) is 3.11. The fourth-order valence-electron chi connectivity index (χ4n) is 3.28. The number of benzene rings is 1. The average molecular weight is 385 g/mol. The van der Waals surface area contributed by atoms with Crippen molar-refractivity contribution in [1.82, 2.24) is 9.47 Å². The van der Waals surface area contributed by atoms with Crippen molar-refractivity contribution in [3.63, 3.8) is 0 Å². The Morgan fingerprint density at radius 2 is 2.11 bits per heavy atom. The number of nitrogens with zero attached hydrogens (tertiary/aromatic N) is 3. The zero-order chi connectivity index (χ0) is 19.7. The summed E-state index contributed by atoms with van der Waals surface area (Å²) in [4.78, 5) is 15.4. The van der Waals surface area contributed by atoms with Crippen LogP contribution in [0, 0.1) is 18.3 Å². The molecule has 1 aromatic heterocycles. The molecular weight excluding hydrogens is 364 g/mol. The summed E-state index contributed by atoms with van der Waals surface area (Å²) in [5.41, 5.74) is 7.94. The summed E-state index contributed by atoms with van der Waals surface area (Å²) in [6.07, 6.45) is 0. The number of ether oxygens (including phenoxy) is 1. The van der Waals surface area contributed by atoms with Crippen LogP contribution in [-0.2, 0) is 6.54 Å². The molecule has 0 saturated heterocycles. The molecular formula is C20H21ClN4O2. The molecule has 1 aromatic carbocycles. The molecule has 0 aliphatic carbocycles. The van der Waals surface area contributed by atoms with Crippen molar-refractivity contribution in [1.29, 1.82) is 5.26 Å². The number of likely N-dealkylation sites (N-methyl/N-ethyl adjacent to an activating group) is 1. The number of fused-ring (bicyclic) bond motifs is 1. The van der Waals surface area contributed by atoms with Crippen LogP contribution in [0.15, 0.2) is 46.6 Å². The Bertz CT molecular complexity index is 1020. The van der Waals surface area contributed by atoms with Gasteiger partial charge < -0.3 is 19.9 Å². The molecule has 140 valence electrons. The topological polar surface area (TPSA) is 84.3 Å². The van der Waals surface area contributed by atoms with Gasteiger partial charge in [0, 0.05) is 29.9 Å². The van der Waals surface area contributed by atoms with Crippen LogP contribution in [0.3, 0.4) is 0 Å². The highest BCUT2D eigenvalue weighted by Gasteiger charge is 2.34. The first-order chi connectivity index (χ1) is 12.8. The average Bonchev–Trinajstić information content (AvgIpc) is 2.60. The van der Waals surface area contributed by atoms with Gasteiger partial charge in [-0.1, -0.05) is 23.7 Å². The molecule has 0 spiro atoms. The number of nitriles is 1. The van der Waals surface area contributed by atoms with Crippen molar-refractivity contribution >= 4 is 11.6 Å². The predicted molar refractivity (Wildman–Crippen MR) is 105 cm³/mol. The van der Waals surface area contributed by atoms with Crippen molar-refractivity contribution < 1.29 is 4.74 Å². The molecule has 1 aliphatic rings. The van der Waals surface area contributed by atoms with Gasteiger partial charge in [-0.2, -0.15) is 5.26 Å². The van der Waals surface area contributed by atoms with Gasteiger partial charge in [0.2, 0.25) is 5.88 Å². The summed E-state index contributed by atoms with van der Waals surface area (Å²) >= 11 is 6.15. The lowest BCUT2D eigenvalue weighted by atomic mass is 9.84. The van der Waals surface area contributed by atoms with Gasteiger partial charge in [0.1, 0.15) is 17.4 Å². The first-order valence-corrected chi connectivity index (χ1v) is 8.93. The van der Waals surface area contributed by atoms with E-state index < -0.39 is 5.92 Å². The predicted octanol–water partition coefficient (Wildman–Crippen LogP) is 2.59. The molecule has 2 heterocycles. The van der Waals surface area contributed by atoms with Crippen LogP contribution in [0.5, 0.6) is 5.75 Å². The largest absolute Gasteiger partial charge is 0.440 e. The fourth-order valence-corrected chi connectivity index (χ4v) is 3.48. The third-order valence-electron chi connectivity index (χ3n) is 4.64. The molecule has 3 rings (SSSR count). The number of aryl methyl sites for hydroxylation is 1. The van der Waals surface area contributed by atoms with Crippen molar-refractivity contribution in [3.8, 4) is 11.8 Å². The Kier molecular flexibility index (Phi) is 5.26. The van der Waals surface area contributed by atoms with Crippen LogP contribution < -0.4 is 16.0 Å². The van der Waals surface area contributed by atoms with Crippen LogP contribution in [0.25, 0.3) is 0 Å². The molecule has 27 heavy (non-hydrogen) atoms. The van der Waals surface area contributed by atoms with E-state index >= 15 is 0 Å². The molecule has 0 unspecified atom stereocenters. The van der Waals surface area contributed by atoms with E-state index in [4.69, 9.17) is 22.1 Å². The van der Waals surface area contributed by atoms with Crippen LogP contribution in [0.2, 0.25) is 5.02 Å². The molecule has 7 heteroatoms. The molecule has 2 N–H and O–H groups in total. The molecule has 0 radical (unpaired) electrons. The Balaban J connectivity index is 2.24. The minimum Gasteiger partial charge on any atom is -0.440 e. The number of pyridine rings is 1. The third kappa shape index (κ3) is 3.57. The summed E-state index contributed by atoms with van der Waals surface area (Å²) in [7, 11) is 3.90. The van der Waals surface area contributed by atoms with E-state index in [1.807, 2.05) is 32.0 Å². The van der Waals surface area contributed by atoms with E-state index in [2.05, 4.69) is 6.07 Å². The highest BCUT2D eigenvalue weighted by Crippen LogP contribution is 2.40. The molecule has 6 nitrogen and oxygen atoms in total. The first kappa shape index (κ1) is 19.0. The SMILES string of the molecule is Cc1cc2c(c(=O)n1CCN(C)C)[C@@H](c1cccc(Cl)c1)C(C#N)=C(N)O2. The molecule has 1 atom stereocenters. The molecule has 1 aliphatic heterocycles. The van der Waals surface area contributed by atoms with Crippen LogP contribution >= 0.6 is 11.6 Å². The summed E-state index contributed by atoms with van der Waals surface area (Å²) in [5.74, 6) is -0.212. The molecule has 0 bridgehead atoms. The minimum atomic E-state index is -0.615. The lowest BCUT2D eigenvalue weighted by Gasteiger charge is -2.27. The van der Waals surface area contributed by atoms with E-state index in [0.717, 1.165) is 11.3 Å². The highest BCUT2D eigenvalue weighted by atomic mass is 35.5. The normalized spacial score (nSPS) is 16.1. The van der Waals surface area contributed by atoms with Gasteiger partial charge in [-0.15, -0.1) is 0 Å². The Labute approximate surface area is 163 Å². The van der Waals surface area contributed by atoms with E-state index in [-0.39, 0.29) is 17.0 Å². The van der Waals surface area contributed by atoms with Gasteiger partial charge in [0.15, 0.2) is 0 Å². The van der Waals surface area contributed by atoms with Crippen LogP contribution in [0.1, 0.15) is 22.7 Å². The maximum atomic E-state index is 13.3. The number of hydrogen-bond donors (Lipinski definition) is 1. The molecule has 0 fully saturated rings. The zero-order valence-electron chi connectivity index (χ0n) is 15.5. The maximum Gasteiger partial charge on any atom is 0.258 e. The smallest absolute Gasteiger partial charge is 0.258 e. The van der Waals surface area contributed by atoms with Gasteiger partial charge in [0.25, 0.3) is 5.56 Å². The monoisotopic (exact) mass is 384 g/mol. The van der Waals surface area contributed by atoms with Crippen LogP contribution in [-0.4, -0.2) is 30.1 Å². The van der Waals surface area contributed by atoms with Crippen LogP contribution in [0.4, 0.5) is 0 Å². The summed E-state index contributed by atoms with van der Waals surface area (Å²) in [6, 6.07) is 11.0. The maximum absolute atomic E-state index is 13.3. The Morgan fingerprint density at radius 3 is 2.74 bits per heavy atom. The van der Waals surface area contributed by atoms with E-state index in [1.54, 1.807) is 28.8 Å². The summed E-state index contributed by atoms with van der Waals surface area (Å²) in [5, 5.41) is 10.2. The van der Waals surface area contributed by atoms with E-state index in [9.17, 15) is 10.1 Å². The third-order valence-corrected chi connectivity index (χ3v) is 4.88. The van der Waals surface area contributed by atoms with E-state index in [0.29, 0.717) is 29.4 Å². The quantitative estimate of drug-likeness (QED) is 0.875. The molecule has 2 aromatic rings. The second-order valence-electron chi connectivity index (χ2n) is 6.80.